The van der Waals surface area contributed by atoms with Crippen LogP contribution < -0.4 is 5.32 Å². The highest BCUT2D eigenvalue weighted by molar-refractivity contribution is 5.84. The van der Waals surface area contributed by atoms with Gasteiger partial charge in [-0.2, -0.15) is 13.2 Å². The molecular formula is C22H32F3N3O. The minimum atomic E-state index is -4.55. The standard InChI is InChI=1S/C22H32F3N3O/c1-18-8-13-27(14-9-18)12-5-11-26-20(29)21(22(23,24)25)10-15-28(17-21)16-19-6-3-2-4-7-19/h2-4,6-7,18H,5,8-17H2,1H3,(H,26,29). The molecule has 2 saturated heterocycles. The Kier molecular flexibility index (Phi) is 7.22. The molecule has 4 nitrogen and oxygen atoms in total. The molecule has 29 heavy (non-hydrogen) atoms. The van der Waals surface area contributed by atoms with Crippen LogP contribution in [0.1, 0.15) is 38.2 Å². The smallest absolute Gasteiger partial charge is 0.355 e. The summed E-state index contributed by atoms with van der Waals surface area (Å²) in [6.07, 6.45) is -1.71. The molecule has 0 radical (unpaired) electrons. The largest absolute Gasteiger partial charge is 0.404 e. The zero-order valence-corrected chi connectivity index (χ0v) is 17.2. The SMILES string of the molecule is CC1CCN(CCCNC(=O)C2(C(F)(F)F)CCN(Cc3ccccc3)C2)CC1. The fourth-order valence-electron chi connectivity index (χ4n) is 4.37. The summed E-state index contributed by atoms with van der Waals surface area (Å²) in [5.74, 6) is -0.119. The number of amides is 1. The van der Waals surface area contributed by atoms with Crippen molar-refractivity contribution in [2.45, 2.75) is 45.3 Å². The zero-order valence-electron chi connectivity index (χ0n) is 17.2. The second-order valence-corrected chi connectivity index (χ2v) is 8.66. The molecule has 7 heteroatoms. The first kappa shape index (κ1) is 22.1. The van der Waals surface area contributed by atoms with Gasteiger partial charge >= 0.3 is 6.18 Å². The summed E-state index contributed by atoms with van der Waals surface area (Å²) in [4.78, 5) is 16.7. The molecule has 1 amide bonds. The molecule has 2 aliphatic rings. The highest BCUT2D eigenvalue weighted by atomic mass is 19.4. The summed E-state index contributed by atoms with van der Waals surface area (Å²) >= 11 is 0. The van der Waals surface area contributed by atoms with Gasteiger partial charge in [0.15, 0.2) is 5.41 Å². The molecule has 1 aromatic carbocycles. The van der Waals surface area contributed by atoms with E-state index in [0.717, 1.165) is 31.1 Å². The third-order valence-electron chi connectivity index (χ3n) is 6.39. The van der Waals surface area contributed by atoms with Crippen molar-refractivity contribution < 1.29 is 18.0 Å². The maximum absolute atomic E-state index is 13.9. The van der Waals surface area contributed by atoms with E-state index in [0.29, 0.717) is 19.5 Å². The average molecular weight is 412 g/mol. The summed E-state index contributed by atoms with van der Waals surface area (Å²) < 4.78 is 41.8. The second-order valence-electron chi connectivity index (χ2n) is 8.66. The summed E-state index contributed by atoms with van der Waals surface area (Å²) in [6, 6.07) is 9.42. The number of carbonyl (C=O) groups excluding carboxylic acids is 1. The first-order valence-corrected chi connectivity index (χ1v) is 10.6. The molecule has 1 unspecified atom stereocenters. The normalized spacial score (nSPS) is 24.7. The Labute approximate surface area is 171 Å². The van der Waals surface area contributed by atoms with Crippen molar-refractivity contribution in [3.63, 3.8) is 0 Å². The number of halogens is 3. The molecule has 0 spiro atoms. The third-order valence-corrected chi connectivity index (χ3v) is 6.39. The molecular weight excluding hydrogens is 379 g/mol. The van der Waals surface area contributed by atoms with Crippen LogP contribution in [0.15, 0.2) is 30.3 Å². The van der Waals surface area contributed by atoms with Crippen molar-refractivity contribution in [1.29, 1.82) is 0 Å². The van der Waals surface area contributed by atoms with Crippen LogP contribution in [-0.4, -0.2) is 61.2 Å². The Morgan fingerprint density at radius 1 is 1.14 bits per heavy atom. The van der Waals surface area contributed by atoms with Crippen molar-refractivity contribution in [2.24, 2.45) is 11.3 Å². The van der Waals surface area contributed by atoms with Crippen molar-refractivity contribution in [2.75, 3.05) is 39.3 Å². The van der Waals surface area contributed by atoms with Gasteiger partial charge in [0.05, 0.1) is 0 Å². The van der Waals surface area contributed by atoms with Gasteiger partial charge in [-0.3, -0.25) is 9.69 Å². The Morgan fingerprint density at radius 3 is 2.48 bits per heavy atom. The Morgan fingerprint density at radius 2 is 1.83 bits per heavy atom. The fourth-order valence-corrected chi connectivity index (χ4v) is 4.37. The Hall–Kier alpha value is -1.60. The highest BCUT2D eigenvalue weighted by Crippen LogP contribution is 2.46. The quantitative estimate of drug-likeness (QED) is 0.696. The number of carbonyl (C=O) groups is 1. The lowest BCUT2D eigenvalue weighted by atomic mass is 9.85. The van der Waals surface area contributed by atoms with Crippen LogP contribution in [0.5, 0.6) is 0 Å². The first-order valence-electron chi connectivity index (χ1n) is 10.6. The predicted octanol–water partition coefficient (Wildman–Crippen LogP) is 3.68. The molecule has 0 saturated carbocycles. The summed E-state index contributed by atoms with van der Waals surface area (Å²) in [6.45, 7) is 5.87. The number of benzene rings is 1. The number of rotatable bonds is 7. The van der Waals surface area contributed by atoms with Gasteiger partial charge in [-0.25, -0.2) is 0 Å². The summed E-state index contributed by atoms with van der Waals surface area (Å²) in [5.41, 5.74) is -1.34. The van der Waals surface area contributed by atoms with E-state index in [2.05, 4.69) is 17.1 Å². The van der Waals surface area contributed by atoms with Gasteiger partial charge < -0.3 is 10.2 Å². The van der Waals surface area contributed by atoms with E-state index >= 15 is 0 Å². The van der Waals surface area contributed by atoms with Crippen molar-refractivity contribution in [1.82, 2.24) is 15.1 Å². The van der Waals surface area contributed by atoms with E-state index in [-0.39, 0.29) is 19.5 Å². The van der Waals surface area contributed by atoms with E-state index in [4.69, 9.17) is 0 Å². The van der Waals surface area contributed by atoms with E-state index in [1.165, 1.54) is 12.8 Å². The molecule has 2 aliphatic heterocycles. The summed E-state index contributed by atoms with van der Waals surface area (Å²) in [5, 5.41) is 2.59. The maximum Gasteiger partial charge on any atom is 0.404 e. The Balaban J connectivity index is 1.51. The van der Waals surface area contributed by atoms with Gasteiger partial charge in [0.25, 0.3) is 0 Å². The van der Waals surface area contributed by atoms with E-state index in [9.17, 15) is 18.0 Å². The lowest BCUT2D eigenvalue weighted by Crippen LogP contribution is -2.52. The number of nitrogens with zero attached hydrogens (tertiary/aromatic N) is 2. The zero-order chi connectivity index (χ0) is 20.9. The van der Waals surface area contributed by atoms with Crippen molar-refractivity contribution >= 4 is 5.91 Å². The molecule has 2 fully saturated rings. The van der Waals surface area contributed by atoms with E-state index < -0.39 is 17.5 Å². The Bertz CT molecular complexity index is 659. The van der Waals surface area contributed by atoms with Gasteiger partial charge in [0, 0.05) is 19.6 Å². The predicted molar refractivity (Wildman–Crippen MR) is 107 cm³/mol. The van der Waals surface area contributed by atoms with Gasteiger partial charge in [-0.1, -0.05) is 37.3 Å². The van der Waals surface area contributed by atoms with Crippen LogP contribution in [-0.2, 0) is 11.3 Å². The van der Waals surface area contributed by atoms with Crippen LogP contribution in [0.25, 0.3) is 0 Å². The van der Waals surface area contributed by atoms with E-state index in [1.807, 2.05) is 30.3 Å². The topological polar surface area (TPSA) is 35.6 Å². The van der Waals surface area contributed by atoms with Crippen LogP contribution in [0, 0.1) is 11.3 Å². The molecule has 1 aromatic rings. The summed E-state index contributed by atoms with van der Waals surface area (Å²) in [7, 11) is 0. The molecule has 2 heterocycles. The van der Waals surface area contributed by atoms with Crippen LogP contribution >= 0.6 is 0 Å². The number of alkyl halides is 3. The minimum Gasteiger partial charge on any atom is -0.355 e. The fraction of sp³-hybridized carbons (Fsp3) is 0.682. The van der Waals surface area contributed by atoms with Gasteiger partial charge in [0.2, 0.25) is 5.91 Å². The number of hydrogen-bond acceptors (Lipinski definition) is 3. The highest BCUT2D eigenvalue weighted by Gasteiger charge is 2.62. The maximum atomic E-state index is 13.9. The third kappa shape index (κ3) is 5.51. The van der Waals surface area contributed by atoms with Gasteiger partial charge in [0.1, 0.15) is 0 Å². The molecule has 1 atom stereocenters. The average Bonchev–Trinajstić information content (AvgIpc) is 3.12. The van der Waals surface area contributed by atoms with Crippen LogP contribution in [0.4, 0.5) is 13.2 Å². The molecule has 1 N–H and O–H groups in total. The number of likely N-dealkylation sites (tertiary alicyclic amines) is 2. The minimum absolute atomic E-state index is 0.181. The lowest BCUT2D eigenvalue weighted by Gasteiger charge is -2.31. The first-order chi connectivity index (χ1) is 13.8. The lowest BCUT2D eigenvalue weighted by molar-refractivity contribution is -0.218. The molecule has 0 aromatic heterocycles. The van der Waals surface area contributed by atoms with Crippen molar-refractivity contribution in [3.05, 3.63) is 35.9 Å². The van der Waals surface area contributed by atoms with Crippen LogP contribution in [0.3, 0.4) is 0 Å². The number of hydrogen-bond donors (Lipinski definition) is 1. The second kappa shape index (κ2) is 9.47. The molecule has 0 bridgehead atoms. The molecule has 162 valence electrons. The number of piperidine rings is 1. The monoisotopic (exact) mass is 411 g/mol. The molecule has 0 aliphatic carbocycles. The number of nitrogens with one attached hydrogen (secondary N) is 1. The van der Waals surface area contributed by atoms with Gasteiger partial charge in [-0.15, -0.1) is 0 Å². The van der Waals surface area contributed by atoms with Crippen molar-refractivity contribution in [3.8, 4) is 0 Å². The van der Waals surface area contributed by atoms with Crippen LogP contribution in [0.2, 0.25) is 0 Å². The van der Waals surface area contributed by atoms with Gasteiger partial charge in [-0.05, 0) is 63.3 Å². The molecule has 3 rings (SSSR count). The van der Waals surface area contributed by atoms with E-state index in [1.54, 1.807) is 4.90 Å².